The molecule has 1 aromatic rings. The molecule has 1 aromatic carbocycles. The summed E-state index contributed by atoms with van der Waals surface area (Å²) in [5.74, 6) is -0.214. The van der Waals surface area contributed by atoms with Crippen molar-refractivity contribution in [2.24, 2.45) is 0 Å². The first-order chi connectivity index (χ1) is 8.25. The molecule has 1 N–H and O–H groups in total. The topological polar surface area (TPSA) is 32.3 Å². The Balaban J connectivity index is 0.00000120. The molecule has 2 heterocycles. The number of hydrogen-bond acceptors (Lipinski definition) is 2. The van der Waals surface area contributed by atoms with Crippen LogP contribution in [-0.2, 0) is 6.54 Å². The largest absolute Gasteiger partial charge is 0.330 e. The molecule has 2 aliphatic heterocycles. The van der Waals surface area contributed by atoms with Crippen molar-refractivity contribution in [3.63, 3.8) is 0 Å². The second-order valence-electron chi connectivity index (χ2n) is 4.73. The van der Waals surface area contributed by atoms with Crippen LogP contribution in [0.15, 0.2) is 18.2 Å². The molecule has 0 spiro atoms. The van der Waals surface area contributed by atoms with Gasteiger partial charge in [-0.25, -0.2) is 4.39 Å². The van der Waals surface area contributed by atoms with E-state index in [1.807, 2.05) is 4.90 Å². The van der Waals surface area contributed by atoms with Gasteiger partial charge in [0, 0.05) is 24.7 Å². The highest BCUT2D eigenvalue weighted by Crippen LogP contribution is 2.27. The number of carbonyl (C=O) groups excluding carboxylic acids is 1. The Morgan fingerprint density at radius 3 is 2.94 bits per heavy atom. The maximum absolute atomic E-state index is 13.1. The van der Waals surface area contributed by atoms with Crippen LogP contribution in [0.5, 0.6) is 0 Å². The number of benzene rings is 1. The molecule has 98 valence electrons. The van der Waals surface area contributed by atoms with E-state index in [4.69, 9.17) is 0 Å². The van der Waals surface area contributed by atoms with Gasteiger partial charge in [0.15, 0.2) is 0 Å². The standard InChI is InChI=1S/C13H15FN2O.ClH/c14-10-3-4-12-9(6-10)8-16(13(12)17)11-2-1-5-15-7-11;/h3-4,6,11,15H,1-2,5,7-8H2;1H. The van der Waals surface area contributed by atoms with Crippen LogP contribution >= 0.6 is 12.4 Å². The van der Waals surface area contributed by atoms with Crippen LogP contribution in [0.2, 0.25) is 0 Å². The number of nitrogens with one attached hydrogen (secondary N) is 1. The third-order valence-corrected chi connectivity index (χ3v) is 3.61. The van der Waals surface area contributed by atoms with Gasteiger partial charge in [-0.1, -0.05) is 0 Å². The Labute approximate surface area is 112 Å². The van der Waals surface area contributed by atoms with E-state index in [2.05, 4.69) is 5.32 Å². The Morgan fingerprint density at radius 2 is 2.22 bits per heavy atom. The first-order valence-electron chi connectivity index (χ1n) is 6.06. The molecule has 1 amide bonds. The van der Waals surface area contributed by atoms with E-state index >= 15 is 0 Å². The van der Waals surface area contributed by atoms with Crippen molar-refractivity contribution in [1.29, 1.82) is 0 Å². The zero-order valence-corrected chi connectivity index (χ0v) is 10.8. The van der Waals surface area contributed by atoms with Crippen LogP contribution < -0.4 is 5.32 Å². The van der Waals surface area contributed by atoms with Crippen LogP contribution in [0.1, 0.15) is 28.8 Å². The van der Waals surface area contributed by atoms with Crippen LogP contribution in [0.4, 0.5) is 4.39 Å². The van der Waals surface area contributed by atoms with E-state index in [-0.39, 0.29) is 30.2 Å². The van der Waals surface area contributed by atoms with Gasteiger partial charge in [-0.2, -0.15) is 0 Å². The molecule has 0 aromatic heterocycles. The number of rotatable bonds is 1. The lowest BCUT2D eigenvalue weighted by atomic mass is 10.1. The van der Waals surface area contributed by atoms with Gasteiger partial charge in [-0.05, 0) is 43.1 Å². The van der Waals surface area contributed by atoms with Crippen LogP contribution in [0, 0.1) is 5.82 Å². The maximum atomic E-state index is 13.1. The number of nitrogens with zero attached hydrogens (tertiary/aromatic N) is 1. The van der Waals surface area contributed by atoms with Gasteiger partial charge in [-0.15, -0.1) is 12.4 Å². The molecule has 1 unspecified atom stereocenters. The summed E-state index contributed by atoms with van der Waals surface area (Å²) >= 11 is 0. The summed E-state index contributed by atoms with van der Waals surface area (Å²) in [6, 6.07) is 4.69. The summed E-state index contributed by atoms with van der Waals surface area (Å²) in [5.41, 5.74) is 1.48. The monoisotopic (exact) mass is 270 g/mol. The smallest absolute Gasteiger partial charge is 0.254 e. The molecule has 3 rings (SSSR count). The molecule has 0 saturated carbocycles. The second-order valence-corrected chi connectivity index (χ2v) is 4.73. The average molecular weight is 271 g/mol. The van der Waals surface area contributed by atoms with Gasteiger partial charge >= 0.3 is 0 Å². The van der Waals surface area contributed by atoms with E-state index in [9.17, 15) is 9.18 Å². The Bertz CT molecular complexity index is 460. The molecular formula is C13H16ClFN2O. The average Bonchev–Trinajstić information content (AvgIpc) is 2.67. The molecule has 1 saturated heterocycles. The number of amides is 1. The molecule has 1 fully saturated rings. The van der Waals surface area contributed by atoms with Crippen molar-refractivity contribution < 1.29 is 9.18 Å². The zero-order chi connectivity index (χ0) is 11.8. The van der Waals surface area contributed by atoms with Crippen molar-refractivity contribution in [2.75, 3.05) is 13.1 Å². The van der Waals surface area contributed by atoms with Crippen molar-refractivity contribution in [2.45, 2.75) is 25.4 Å². The van der Waals surface area contributed by atoms with Gasteiger partial charge in [0.25, 0.3) is 5.91 Å². The quantitative estimate of drug-likeness (QED) is 0.846. The van der Waals surface area contributed by atoms with Gasteiger partial charge in [0.05, 0.1) is 0 Å². The Kier molecular flexibility index (Phi) is 3.88. The summed E-state index contributed by atoms with van der Waals surface area (Å²) in [4.78, 5) is 14.1. The SMILES string of the molecule is Cl.O=C1c2ccc(F)cc2CN1C1CCCNC1. The first kappa shape index (κ1) is 13.3. The van der Waals surface area contributed by atoms with E-state index in [1.54, 1.807) is 6.07 Å². The van der Waals surface area contributed by atoms with Gasteiger partial charge in [0.2, 0.25) is 0 Å². The summed E-state index contributed by atoms with van der Waals surface area (Å²) in [7, 11) is 0. The Hall–Kier alpha value is -1.13. The number of fused-ring (bicyclic) bond motifs is 1. The lowest BCUT2D eigenvalue weighted by Gasteiger charge is -2.31. The maximum Gasteiger partial charge on any atom is 0.254 e. The highest BCUT2D eigenvalue weighted by molar-refractivity contribution is 5.98. The van der Waals surface area contributed by atoms with E-state index in [0.717, 1.165) is 31.5 Å². The third kappa shape index (κ3) is 2.22. The minimum atomic E-state index is -0.264. The lowest BCUT2D eigenvalue weighted by molar-refractivity contribution is 0.0674. The minimum absolute atomic E-state index is 0. The van der Waals surface area contributed by atoms with E-state index < -0.39 is 0 Å². The molecule has 5 heteroatoms. The van der Waals surface area contributed by atoms with Crippen LogP contribution in [-0.4, -0.2) is 29.9 Å². The third-order valence-electron chi connectivity index (χ3n) is 3.61. The van der Waals surface area contributed by atoms with Gasteiger partial charge in [0.1, 0.15) is 5.82 Å². The number of hydrogen-bond donors (Lipinski definition) is 1. The molecule has 18 heavy (non-hydrogen) atoms. The number of halogens is 2. The summed E-state index contributed by atoms with van der Waals surface area (Å²) < 4.78 is 13.1. The molecule has 0 aliphatic carbocycles. The number of carbonyl (C=O) groups is 1. The van der Waals surface area contributed by atoms with E-state index in [0.29, 0.717) is 12.1 Å². The van der Waals surface area contributed by atoms with Crippen molar-refractivity contribution in [3.8, 4) is 0 Å². The molecule has 0 bridgehead atoms. The van der Waals surface area contributed by atoms with Crippen molar-refractivity contribution >= 4 is 18.3 Å². The van der Waals surface area contributed by atoms with Crippen LogP contribution in [0.3, 0.4) is 0 Å². The second kappa shape index (κ2) is 5.24. The molecule has 0 radical (unpaired) electrons. The lowest BCUT2D eigenvalue weighted by Crippen LogP contribution is -2.46. The van der Waals surface area contributed by atoms with Gasteiger partial charge in [-0.3, -0.25) is 4.79 Å². The number of piperidine rings is 1. The predicted molar refractivity (Wildman–Crippen MR) is 69.4 cm³/mol. The summed E-state index contributed by atoms with van der Waals surface area (Å²) in [5, 5.41) is 3.30. The minimum Gasteiger partial charge on any atom is -0.330 e. The normalized spacial score (nSPS) is 22.6. The van der Waals surface area contributed by atoms with Crippen LogP contribution in [0.25, 0.3) is 0 Å². The highest BCUT2D eigenvalue weighted by atomic mass is 35.5. The predicted octanol–water partition coefficient (Wildman–Crippen LogP) is 1.96. The molecule has 1 atom stereocenters. The summed E-state index contributed by atoms with van der Waals surface area (Å²) in [6.45, 7) is 2.43. The fourth-order valence-electron chi connectivity index (χ4n) is 2.71. The zero-order valence-electron chi connectivity index (χ0n) is 9.99. The van der Waals surface area contributed by atoms with Crippen molar-refractivity contribution in [3.05, 3.63) is 35.1 Å². The highest BCUT2D eigenvalue weighted by Gasteiger charge is 2.33. The summed E-state index contributed by atoms with van der Waals surface area (Å²) in [6.07, 6.45) is 2.13. The van der Waals surface area contributed by atoms with E-state index in [1.165, 1.54) is 12.1 Å². The molecule has 2 aliphatic rings. The van der Waals surface area contributed by atoms with Crippen molar-refractivity contribution in [1.82, 2.24) is 10.2 Å². The molecule has 3 nitrogen and oxygen atoms in total. The fraction of sp³-hybridized carbons (Fsp3) is 0.462. The Morgan fingerprint density at radius 1 is 1.39 bits per heavy atom. The molecular weight excluding hydrogens is 255 g/mol. The van der Waals surface area contributed by atoms with Gasteiger partial charge < -0.3 is 10.2 Å². The fourth-order valence-corrected chi connectivity index (χ4v) is 2.71. The first-order valence-corrected chi connectivity index (χ1v) is 6.06.